The number of aryl methyl sites for hydroxylation is 1. The van der Waals surface area contributed by atoms with Gasteiger partial charge in [0.25, 0.3) is 0 Å². The van der Waals surface area contributed by atoms with Crippen LogP contribution in [0.25, 0.3) is 33.4 Å². The molecule has 0 unspecified atom stereocenters. The Kier molecular flexibility index (Phi) is 8.53. The number of benzene rings is 3. The number of ether oxygens (including phenoxy) is 1. The number of nitrogens with one attached hydrogen (secondary N) is 1. The maximum absolute atomic E-state index is 15.5. The van der Waals surface area contributed by atoms with Gasteiger partial charge in [0.2, 0.25) is 0 Å². The number of nitrogens with two attached hydrogens (primary N) is 1. The lowest BCUT2D eigenvalue weighted by atomic mass is 9.99. The minimum atomic E-state index is -0.510. The van der Waals surface area contributed by atoms with Crippen molar-refractivity contribution in [3.8, 4) is 44.9 Å². The highest BCUT2D eigenvalue weighted by Gasteiger charge is 2.17. The highest BCUT2D eigenvalue weighted by Crippen LogP contribution is 2.35. The van der Waals surface area contributed by atoms with E-state index >= 15 is 4.39 Å². The first-order chi connectivity index (χ1) is 21.7. The molecule has 6 rings (SSSR count). The van der Waals surface area contributed by atoms with Crippen LogP contribution in [-0.4, -0.2) is 33.0 Å². The lowest BCUT2D eigenvalue weighted by Gasteiger charge is -2.24. The monoisotopic (exact) mass is 606 g/mol. The second-order valence-electron chi connectivity index (χ2n) is 11.6. The van der Waals surface area contributed by atoms with E-state index in [1.54, 1.807) is 24.3 Å². The fourth-order valence-corrected chi connectivity index (χ4v) is 5.68. The van der Waals surface area contributed by atoms with Crippen LogP contribution in [0.4, 0.5) is 15.9 Å². The molecule has 0 atom stereocenters. The number of phenolic OH excluding ortho intramolecular Hbond substituents is 2. The highest BCUT2D eigenvalue weighted by atomic mass is 19.1. The van der Waals surface area contributed by atoms with Crippen LogP contribution in [0.3, 0.4) is 0 Å². The lowest BCUT2D eigenvalue weighted by Crippen LogP contribution is -2.23. The standard InChI is InChI=1S/C36H35FN4O4/c1-22-2-4-24(5-3-22)31-21-41(19-23-10-12-45-13-11-23)20-27(35(31)44)18-39-28-7-8-29(32(37)16-28)30-14-26(17-40-36(30)38)25-6-9-33(42)34(43)15-25/h2-9,14-17,20-21,23,39,42-43H,10-13,18-19H2,1H3,(H2,38,40). The van der Waals surface area contributed by atoms with Gasteiger partial charge in [-0.25, -0.2) is 9.37 Å². The van der Waals surface area contributed by atoms with E-state index in [9.17, 15) is 15.0 Å². The summed E-state index contributed by atoms with van der Waals surface area (Å²) < 4.78 is 23.2. The van der Waals surface area contributed by atoms with Crippen molar-refractivity contribution in [2.75, 3.05) is 24.3 Å². The Morgan fingerprint density at radius 2 is 1.67 bits per heavy atom. The summed E-state index contributed by atoms with van der Waals surface area (Å²) in [6.07, 6.45) is 7.31. The predicted molar refractivity (Wildman–Crippen MR) is 175 cm³/mol. The van der Waals surface area contributed by atoms with Crippen LogP contribution in [0.2, 0.25) is 0 Å². The average Bonchev–Trinajstić information content (AvgIpc) is 3.04. The Bertz CT molecular complexity index is 1900. The molecule has 3 heterocycles. The molecule has 5 N–H and O–H groups in total. The number of nitrogen functional groups attached to an aromatic ring is 1. The third-order valence-electron chi connectivity index (χ3n) is 8.29. The van der Waals surface area contributed by atoms with Crippen LogP contribution in [0.1, 0.15) is 24.0 Å². The molecule has 1 aliphatic heterocycles. The van der Waals surface area contributed by atoms with Crippen LogP contribution in [0.5, 0.6) is 11.5 Å². The Hall–Kier alpha value is -5.15. The Morgan fingerprint density at radius 1 is 0.911 bits per heavy atom. The summed E-state index contributed by atoms with van der Waals surface area (Å²) in [5, 5.41) is 22.8. The zero-order valence-corrected chi connectivity index (χ0v) is 25.0. The molecule has 0 bridgehead atoms. The minimum Gasteiger partial charge on any atom is -0.504 e. The molecular formula is C36H35FN4O4. The van der Waals surface area contributed by atoms with Crippen LogP contribution in [0.15, 0.2) is 90.1 Å². The first kappa shape index (κ1) is 29.9. The number of phenols is 2. The summed E-state index contributed by atoms with van der Waals surface area (Å²) >= 11 is 0. The van der Waals surface area contributed by atoms with Gasteiger partial charge in [-0.1, -0.05) is 35.9 Å². The number of hydrogen-bond donors (Lipinski definition) is 4. The molecule has 45 heavy (non-hydrogen) atoms. The summed E-state index contributed by atoms with van der Waals surface area (Å²) in [5.41, 5.74) is 11.6. The van der Waals surface area contributed by atoms with Crippen LogP contribution >= 0.6 is 0 Å². The number of rotatable bonds is 8. The normalized spacial score (nSPS) is 13.6. The molecule has 0 aliphatic carbocycles. The minimum absolute atomic E-state index is 0.0670. The SMILES string of the molecule is Cc1ccc(-c2cn(CC3CCOCC3)cc(CNc3ccc(-c4cc(-c5ccc(O)c(O)c5)cnc4N)c(F)c3)c2=O)cc1. The van der Waals surface area contributed by atoms with E-state index < -0.39 is 5.82 Å². The number of nitrogens with zero attached hydrogens (tertiary/aromatic N) is 2. The van der Waals surface area contributed by atoms with Gasteiger partial charge in [-0.2, -0.15) is 0 Å². The van der Waals surface area contributed by atoms with Crippen molar-refractivity contribution in [3.05, 3.63) is 112 Å². The van der Waals surface area contributed by atoms with Gasteiger partial charge >= 0.3 is 0 Å². The third-order valence-corrected chi connectivity index (χ3v) is 8.29. The Labute approximate surface area is 260 Å². The number of aromatic nitrogens is 2. The molecule has 8 nitrogen and oxygen atoms in total. The summed E-state index contributed by atoms with van der Waals surface area (Å²) in [5.74, 6) is -0.400. The Balaban J connectivity index is 1.26. The first-order valence-electron chi connectivity index (χ1n) is 14.9. The van der Waals surface area contributed by atoms with Crippen molar-refractivity contribution in [1.29, 1.82) is 0 Å². The van der Waals surface area contributed by atoms with Crippen molar-refractivity contribution in [2.45, 2.75) is 32.9 Å². The number of hydrogen-bond acceptors (Lipinski definition) is 7. The van der Waals surface area contributed by atoms with Gasteiger partial charge in [-0.15, -0.1) is 0 Å². The van der Waals surface area contributed by atoms with E-state index in [1.165, 1.54) is 24.4 Å². The van der Waals surface area contributed by atoms with Gasteiger partial charge in [-0.05, 0) is 73.2 Å². The predicted octanol–water partition coefficient (Wildman–Crippen LogP) is 6.72. The molecular weight excluding hydrogens is 571 g/mol. The lowest BCUT2D eigenvalue weighted by molar-refractivity contribution is 0.0612. The molecule has 0 spiro atoms. The van der Waals surface area contributed by atoms with E-state index in [-0.39, 0.29) is 34.9 Å². The zero-order valence-electron chi connectivity index (χ0n) is 25.0. The molecule has 3 aromatic carbocycles. The van der Waals surface area contributed by atoms with Crippen molar-refractivity contribution < 1.29 is 19.3 Å². The van der Waals surface area contributed by atoms with Crippen LogP contribution in [0, 0.1) is 18.7 Å². The fourth-order valence-electron chi connectivity index (χ4n) is 5.68. The number of aromatic hydroxyl groups is 2. The molecule has 0 radical (unpaired) electrons. The second-order valence-corrected chi connectivity index (χ2v) is 11.6. The van der Waals surface area contributed by atoms with E-state index in [0.717, 1.165) is 43.7 Å². The highest BCUT2D eigenvalue weighted by molar-refractivity contribution is 5.81. The first-order valence-corrected chi connectivity index (χ1v) is 14.9. The van der Waals surface area contributed by atoms with Crippen LogP contribution < -0.4 is 16.5 Å². The molecule has 1 aliphatic rings. The molecule has 9 heteroatoms. The number of pyridine rings is 2. The molecule has 0 amide bonds. The zero-order chi connectivity index (χ0) is 31.5. The average molecular weight is 607 g/mol. The van der Waals surface area contributed by atoms with Gasteiger partial charge in [0.15, 0.2) is 16.9 Å². The molecule has 0 saturated carbocycles. The van der Waals surface area contributed by atoms with Gasteiger partial charge < -0.3 is 30.6 Å². The summed E-state index contributed by atoms with van der Waals surface area (Å²) in [4.78, 5) is 17.9. The largest absolute Gasteiger partial charge is 0.504 e. The van der Waals surface area contributed by atoms with Crippen molar-refractivity contribution in [1.82, 2.24) is 9.55 Å². The quantitative estimate of drug-likeness (QED) is 0.145. The van der Waals surface area contributed by atoms with Crippen LogP contribution in [-0.2, 0) is 17.8 Å². The maximum atomic E-state index is 15.5. The summed E-state index contributed by atoms with van der Waals surface area (Å²) in [6, 6.07) is 18.8. The smallest absolute Gasteiger partial charge is 0.194 e. The van der Waals surface area contributed by atoms with Gasteiger partial charge in [-0.3, -0.25) is 4.79 Å². The van der Waals surface area contributed by atoms with Gasteiger partial charge in [0, 0.05) is 78.4 Å². The Morgan fingerprint density at radius 3 is 2.40 bits per heavy atom. The topological polar surface area (TPSA) is 123 Å². The van der Waals surface area contributed by atoms with Crippen molar-refractivity contribution in [3.63, 3.8) is 0 Å². The van der Waals surface area contributed by atoms with Crippen molar-refractivity contribution in [2.24, 2.45) is 5.92 Å². The van der Waals surface area contributed by atoms with E-state index in [1.807, 2.05) is 43.6 Å². The molecule has 1 fully saturated rings. The van der Waals surface area contributed by atoms with E-state index in [4.69, 9.17) is 10.5 Å². The van der Waals surface area contributed by atoms with Gasteiger partial charge in [0.1, 0.15) is 11.6 Å². The molecule has 1 saturated heterocycles. The summed E-state index contributed by atoms with van der Waals surface area (Å²) in [6.45, 7) is 4.52. The molecule has 2 aromatic heterocycles. The molecule has 230 valence electrons. The second kappa shape index (κ2) is 12.8. The molecule has 5 aromatic rings. The number of anilines is 2. The van der Waals surface area contributed by atoms with E-state index in [0.29, 0.717) is 39.4 Å². The van der Waals surface area contributed by atoms with E-state index in [2.05, 4.69) is 14.9 Å². The maximum Gasteiger partial charge on any atom is 0.194 e. The summed E-state index contributed by atoms with van der Waals surface area (Å²) in [7, 11) is 0. The van der Waals surface area contributed by atoms with Gasteiger partial charge in [0.05, 0.1) is 0 Å². The third kappa shape index (κ3) is 6.68. The fraction of sp³-hybridized carbons (Fsp3) is 0.222. The number of halogens is 1. The van der Waals surface area contributed by atoms with Crippen molar-refractivity contribution >= 4 is 11.5 Å².